The molecule has 3 heterocycles. The van der Waals surface area contributed by atoms with Crippen LogP contribution in [-0.2, 0) is 17.6 Å². The number of carboxylic acids is 1. The van der Waals surface area contributed by atoms with Gasteiger partial charge in [0, 0.05) is 31.9 Å². The predicted octanol–water partition coefficient (Wildman–Crippen LogP) is 3.04. The highest BCUT2D eigenvalue weighted by atomic mass is 16.5. The molecular weight excluding hydrogens is 394 g/mol. The number of rotatable bonds is 7. The molecule has 0 atom stereocenters. The number of pyridine rings is 1. The van der Waals surface area contributed by atoms with E-state index in [2.05, 4.69) is 32.3 Å². The van der Waals surface area contributed by atoms with Crippen LogP contribution in [0.4, 0.5) is 11.6 Å². The van der Waals surface area contributed by atoms with E-state index < -0.39 is 5.97 Å². The molecule has 1 aromatic carbocycles. The van der Waals surface area contributed by atoms with Crippen molar-refractivity contribution in [3.05, 3.63) is 59.8 Å². The highest BCUT2D eigenvalue weighted by molar-refractivity contribution is 5.67. The third kappa shape index (κ3) is 5.09. The molecule has 8 nitrogen and oxygen atoms in total. The molecule has 0 bridgehead atoms. The van der Waals surface area contributed by atoms with Crippen LogP contribution in [0.15, 0.2) is 48.7 Å². The van der Waals surface area contributed by atoms with Crippen LogP contribution in [0.3, 0.4) is 0 Å². The van der Waals surface area contributed by atoms with Crippen molar-refractivity contribution in [1.29, 1.82) is 0 Å². The Kier molecular flexibility index (Phi) is 6.26. The van der Waals surface area contributed by atoms with Crippen molar-refractivity contribution in [1.82, 2.24) is 15.0 Å². The molecule has 2 aromatic heterocycles. The fourth-order valence-corrected chi connectivity index (χ4v) is 3.65. The number of carboxylic acid groups (broad SMARTS) is 1. The van der Waals surface area contributed by atoms with Gasteiger partial charge in [-0.05, 0) is 48.2 Å². The van der Waals surface area contributed by atoms with Crippen LogP contribution < -0.4 is 15.0 Å². The van der Waals surface area contributed by atoms with Gasteiger partial charge >= 0.3 is 5.97 Å². The number of nitrogens with zero attached hydrogens (tertiary/aromatic N) is 4. The molecule has 0 aliphatic carbocycles. The SMILES string of the molecule is COc1ccc2c(c1)CCN(c1cc(NCCC(=O)O)nc(-c3ccccn3)n1)CC2. The molecule has 1 aliphatic rings. The third-order valence-electron chi connectivity index (χ3n) is 5.29. The largest absolute Gasteiger partial charge is 0.497 e. The standard InChI is InChI=1S/C23H25N5O3/c1-31-18-6-5-16-8-12-28(13-9-17(16)14-18)21-15-20(25-11-7-22(29)30)26-23(27-21)19-4-2-3-10-24-19/h2-6,10,14-15H,7-9,11-13H2,1H3,(H,29,30)(H,25,26,27). The first-order valence-electron chi connectivity index (χ1n) is 10.3. The second-order valence-corrected chi connectivity index (χ2v) is 7.34. The van der Waals surface area contributed by atoms with Gasteiger partial charge in [-0.15, -0.1) is 0 Å². The Labute approximate surface area is 180 Å². The van der Waals surface area contributed by atoms with Crippen molar-refractivity contribution in [3.63, 3.8) is 0 Å². The van der Waals surface area contributed by atoms with Crippen molar-refractivity contribution < 1.29 is 14.6 Å². The molecule has 4 rings (SSSR count). The molecule has 160 valence electrons. The first kappa shape index (κ1) is 20.6. The second-order valence-electron chi connectivity index (χ2n) is 7.34. The van der Waals surface area contributed by atoms with E-state index in [-0.39, 0.29) is 6.42 Å². The topological polar surface area (TPSA) is 100 Å². The summed E-state index contributed by atoms with van der Waals surface area (Å²) in [6.45, 7) is 1.93. The third-order valence-corrected chi connectivity index (χ3v) is 5.29. The second kappa shape index (κ2) is 9.42. The quantitative estimate of drug-likeness (QED) is 0.603. The molecule has 3 aromatic rings. The predicted molar refractivity (Wildman–Crippen MR) is 119 cm³/mol. The summed E-state index contributed by atoms with van der Waals surface area (Å²) < 4.78 is 5.38. The van der Waals surface area contributed by atoms with E-state index in [0.717, 1.165) is 37.5 Å². The van der Waals surface area contributed by atoms with Gasteiger partial charge in [-0.1, -0.05) is 12.1 Å². The van der Waals surface area contributed by atoms with Crippen molar-refractivity contribution >= 4 is 17.6 Å². The Morgan fingerprint density at radius 2 is 1.97 bits per heavy atom. The molecule has 8 heteroatoms. The zero-order valence-corrected chi connectivity index (χ0v) is 17.4. The number of ether oxygens (including phenoxy) is 1. The lowest BCUT2D eigenvalue weighted by Crippen LogP contribution is -2.27. The summed E-state index contributed by atoms with van der Waals surface area (Å²) in [5.74, 6) is 1.92. The average molecular weight is 419 g/mol. The van der Waals surface area contributed by atoms with Crippen LogP contribution in [0.2, 0.25) is 0 Å². The Bertz CT molecular complexity index is 1060. The first-order valence-corrected chi connectivity index (χ1v) is 10.3. The van der Waals surface area contributed by atoms with Crippen LogP contribution in [0.1, 0.15) is 17.5 Å². The van der Waals surface area contributed by atoms with Gasteiger partial charge in [-0.2, -0.15) is 0 Å². The van der Waals surface area contributed by atoms with E-state index in [9.17, 15) is 4.79 Å². The van der Waals surface area contributed by atoms with E-state index in [4.69, 9.17) is 14.8 Å². The number of aliphatic carboxylic acids is 1. The summed E-state index contributed by atoms with van der Waals surface area (Å²) in [5.41, 5.74) is 3.29. The Morgan fingerprint density at radius 3 is 2.71 bits per heavy atom. The monoisotopic (exact) mass is 419 g/mol. The summed E-state index contributed by atoms with van der Waals surface area (Å²) in [4.78, 5) is 26.8. The summed E-state index contributed by atoms with van der Waals surface area (Å²) in [5, 5.41) is 12.0. The van der Waals surface area contributed by atoms with Gasteiger partial charge in [-0.25, -0.2) is 9.97 Å². The maximum absolute atomic E-state index is 10.9. The van der Waals surface area contributed by atoms with Gasteiger partial charge in [0.15, 0.2) is 5.82 Å². The van der Waals surface area contributed by atoms with E-state index >= 15 is 0 Å². The number of fused-ring (bicyclic) bond motifs is 1. The highest BCUT2D eigenvalue weighted by Gasteiger charge is 2.18. The molecule has 1 aliphatic heterocycles. The minimum Gasteiger partial charge on any atom is -0.497 e. The molecule has 0 radical (unpaired) electrons. The summed E-state index contributed by atoms with van der Waals surface area (Å²) in [7, 11) is 1.68. The number of benzene rings is 1. The van der Waals surface area contributed by atoms with Crippen LogP contribution >= 0.6 is 0 Å². The molecule has 0 fully saturated rings. The molecular formula is C23H25N5O3. The molecule has 0 amide bonds. The van der Waals surface area contributed by atoms with E-state index in [0.29, 0.717) is 23.9 Å². The normalized spacial score (nSPS) is 13.3. The molecule has 0 unspecified atom stereocenters. The lowest BCUT2D eigenvalue weighted by Gasteiger charge is -2.22. The summed E-state index contributed by atoms with van der Waals surface area (Å²) in [6.07, 6.45) is 3.51. The van der Waals surface area contributed by atoms with E-state index in [1.807, 2.05) is 30.3 Å². The minimum atomic E-state index is -0.854. The van der Waals surface area contributed by atoms with Crippen molar-refractivity contribution in [2.24, 2.45) is 0 Å². The van der Waals surface area contributed by atoms with Crippen molar-refractivity contribution in [2.45, 2.75) is 19.3 Å². The average Bonchev–Trinajstić information content (AvgIpc) is 3.01. The number of hydrogen-bond donors (Lipinski definition) is 2. The molecule has 0 spiro atoms. The highest BCUT2D eigenvalue weighted by Crippen LogP contribution is 2.26. The van der Waals surface area contributed by atoms with Gasteiger partial charge in [0.05, 0.1) is 13.5 Å². The maximum Gasteiger partial charge on any atom is 0.305 e. The maximum atomic E-state index is 10.9. The number of methoxy groups -OCH3 is 1. The van der Waals surface area contributed by atoms with Crippen molar-refractivity contribution in [2.75, 3.05) is 37.0 Å². The number of anilines is 2. The van der Waals surface area contributed by atoms with Crippen molar-refractivity contribution in [3.8, 4) is 17.3 Å². The van der Waals surface area contributed by atoms with Crippen LogP contribution in [0.5, 0.6) is 5.75 Å². The van der Waals surface area contributed by atoms with Crippen LogP contribution in [0.25, 0.3) is 11.5 Å². The van der Waals surface area contributed by atoms with Gasteiger partial charge in [0.1, 0.15) is 23.1 Å². The summed E-state index contributed by atoms with van der Waals surface area (Å²) >= 11 is 0. The fourth-order valence-electron chi connectivity index (χ4n) is 3.65. The van der Waals surface area contributed by atoms with Gasteiger partial charge in [-0.3, -0.25) is 9.78 Å². The van der Waals surface area contributed by atoms with Gasteiger partial charge in [0.2, 0.25) is 0 Å². The zero-order chi connectivity index (χ0) is 21.6. The Balaban J connectivity index is 1.61. The lowest BCUT2D eigenvalue weighted by atomic mass is 10.0. The molecule has 2 N–H and O–H groups in total. The minimum absolute atomic E-state index is 0.0130. The zero-order valence-electron chi connectivity index (χ0n) is 17.4. The molecule has 31 heavy (non-hydrogen) atoms. The lowest BCUT2D eigenvalue weighted by molar-refractivity contribution is -0.136. The van der Waals surface area contributed by atoms with Gasteiger partial charge in [0.25, 0.3) is 0 Å². The van der Waals surface area contributed by atoms with E-state index in [1.54, 1.807) is 13.3 Å². The van der Waals surface area contributed by atoms with E-state index in [1.165, 1.54) is 11.1 Å². The molecule has 0 saturated carbocycles. The molecule has 0 saturated heterocycles. The number of aromatic nitrogens is 3. The van der Waals surface area contributed by atoms with Gasteiger partial charge < -0.3 is 20.1 Å². The summed E-state index contributed by atoms with van der Waals surface area (Å²) in [6, 6.07) is 13.7. The number of carbonyl (C=O) groups is 1. The number of hydrogen-bond acceptors (Lipinski definition) is 7. The Morgan fingerprint density at radius 1 is 1.13 bits per heavy atom. The number of nitrogens with one attached hydrogen (secondary N) is 1. The van der Waals surface area contributed by atoms with Crippen LogP contribution in [0, 0.1) is 0 Å². The first-order chi connectivity index (χ1) is 15.1. The van der Waals surface area contributed by atoms with Crippen LogP contribution in [-0.4, -0.2) is 52.8 Å². The Hall–Kier alpha value is -3.68. The fraction of sp³-hybridized carbons (Fsp3) is 0.304. The smallest absolute Gasteiger partial charge is 0.305 e.